The van der Waals surface area contributed by atoms with Gasteiger partial charge in [0.05, 0.1) is 0 Å². The van der Waals surface area contributed by atoms with E-state index in [9.17, 15) is 0 Å². The maximum atomic E-state index is 3.63. The smallest absolute Gasteiger partial charge is 0.0170 e. The largest absolute Gasteiger partial charge is 0.0991 e. The van der Waals surface area contributed by atoms with Crippen LogP contribution in [0.15, 0.2) is 36.5 Å². The molecule has 0 saturated carbocycles. The molecule has 0 aromatic heterocycles. The first-order valence-electron chi connectivity index (χ1n) is 5.51. The second kappa shape index (κ2) is 8.80. The van der Waals surface area contributed by atoms with E-state index >= 15 is 0 Å². The van der Waals surface area contributed by atoms with Crippen molar-refractivity contribution in [3.8, 4) is 0 Å². The molecule has 0 aliphatic heterocycles. The fourth-order valence-corrected chi connectivity index (χ4v) is 1.15. The third kappa shape index (κ3) is 7.85. The molecule has 0 aliphatic rings. The Bertz CT molecular complexity index is 187. The second-order valence-electron chi connectivity index (χ2n) is 3.92. The van der Waals surface area contributed by atoms with Crippen LogP contribution in [0, 0.1) is 5.41 Å². The van der Waals surface area contributed by atoms with Gasteiger partial charge in [-0.05, 0) is 11.8 Å². The molecular formula is C14H26. The van der Waals surface area contributed by atoms with Gasteiger partial charge in [-0.15, -0.1) is 0 Å². The number of hydrogen-bond donors (Lipinski definition) is 0. The van der Waals surface area contributed by atoms with Crippen molar-refractivity contribution >= 4 is 0 Å². The molecule has 0 fully saturated rings. The summed E-state index contributed by atoms with van der Waals surface area (Å²) in [7, 11) is 0. The maximum Gasteiger partial charge on any atom is -0.0170 e. The molecule has 0 heteroatoms. The van der Waals surface area contributed by atoms with Crippen LogP contribution in [-0.2, 0) is 0 Å². The van der Waals surface area contributed by atoms with Gasteiger partial charge in [-0.2, -0.15) is 0 Å². The minimum atomic E-state index is 0.292. The molecular weight excluding hydrogens is 168 g/mol. The Morgan fingerprint density at radius 2 is 1.64 bits per heavy atom. The predicted molar refractivity (Wildman–Crippen MR) is 68.5 cm³/mol. The topological polar surface area (TPSA) is 0 Å². The van der Waals surface area contributed by atoms with Gasteiger partial charge in [0.25, 0.3) is 0 Å². The first-order valence-corrected chi connectivity index (χ1v) is 5.51. The van der Waals surface area contributed by atoms with E-state index in [0.717, 1.165) is 6.42 Å². The molecule has 0 spiro atoms. The Morgan fingerprint density at radius 3 is 1.93 bits per heavy atom. The van der Waals surface area contributed by atoms with Crippen LogP contribution in [0.5, 0.6) is 0 Å². The van der Waals surface area contributed by atoms with E-state index in [1.807, 2.05) is 19.9 Å². The lowest BCUT2D eigenvalue weighted by atomic mass is 9.84. The van der Waals surface area contributed by atoms with E-state index in [4.69, 9.17) is 0 Å². The highest BCUT2D eigenvalue weighted by atomic mass is 14.2. The Kier molecular flexibility index (Phi) is 9.86. The van der Waals surface area contributed by atoms with Crippen molar-refractivity contribution in [1.82, 2.24) is 0 Å². The highest BCUT2D eigenvalue weighted by Crippen LogP contribution is 2.27. The van der Waals surface area contributed by atoms with E-state index in [0.29, 0.717) is 5.41 Å². The number of hydrogen-bond acceptors (Lipinski definition) is 0. The zero-order valence-electron chi connectivity index (χ0n) is 10.7. The Hall–Kier alpha value is -0.780. The van der Waals surface area contributed by atoms with Crippen molar-refractivity contribution < 1.29 is 0 Å². The predicted octanol–water partition coefficient (Wildman–Crippen LogP) is 5.14. The molecule has 0 saturated heterocycles. The molecule has 0 aromatic carbocycles. The van der Waals surface area contributed by atoms with Crippen molar-refractivity contribution in [2.45, 2.75) is 48.0 Å². The molecule has 0 N–H and O–H groups in total. The average Bonchev–Trinajstić information content (AvgIpc) is 2.14. The third-order valence-corrected chi connectivity index (χ3v) is 1.89. The minimum Gasteiger partial charge on any atom is -0.0991 e. The number of rotatable bonds is 3. The van der Waals surface area contributed by atoms with Gasteiger partial charge in [-0.1, -0.05) is 78.0 Å². The molecule has 0 rings (SSSR count). The Morgan fingerprint density at radius 1 is 1.14 bits per heavy atom. The van der Waals surface area contributed by atoms with E-state index in [2.05, 4.69) is 46.4 Å². The highest BCUT2D eigenvalue weighted by Gasteiger charge is 2.13. The minimum absolute atomic E-state index is 0.292. The summed E-state index contributed by atoms with van der Waals surface area (Å²) in [5, 5.41) is 0. The van der Waals surface area contributed by atoms with Crippen molar-refractivity contribution in [3.63, 3.8) is 0 Å². The van der Waals surface area contributed by atoms with Gasteiger partial charge in [0.2, 0.25) is 0 Å². The summed E-state index contributed by atoms with van der Waals surface area (Å²) in [6.45, 7) is 16.5. The summed E-state index contributed by atoms with van der Waals surface area (Å²) in [6, 6.07) is 0. The molecule has 0 aliphatic carbocycles. The second-order valence-corrected chi connectivity index (χ2v) is 3.92. The summed E-state index contributed by atoms with van der Waals surface area (Å²) in [5.74, 6) is 0. The van der Waals surface area contributed by atoms with Crippen LogP contribution in [0.4, 0.5) is 0 Å². The quantitative estimate of drug-likeness (QED) is 0.546. The molecule has 14 heavy (non-hydrogen) atoms. The first kappa shape index (κ1) is 15.7. The molecule has 0 unspecified atom stereocenters. The first-order chi connectivity index (χ1) is 6.52. The standard InChI is InChI=1S/C12H20.C2H6/c1-6-8-9-10-11(7-2)12(3,4)5;1-2/h6,8-10H,1,7H2,2-5H3;1-2H3/b9-8-,11-10+;. The van der Waals surface area contributed by atoms with E-state index in [1.165, 1.54) is 5.57 Å². The van der Waals surface area contributed by atoms with Gasteiger partial charge in [-0.25, -0.2) is 0 Å². The van der Waals surface area contributed by atoms with Gasteiger partial charge in [0.1, 0.15) is 0 Å². The maximum absolute atomic E-state index is 3.63. The van der Waals surface area contributed by atoms with Crippen LogP contribution >= 0.6 is 0 Å². The lowest BCUT2D eigenvalue weighted by Gasteiger charge is -2.21. The molecule has 0 bridgehead atoms. The van der Waals surface area contributed by atoms with E-state index < -0.39 is 0 Å². The molecule has 0 nitrogen and oxygen atoms in total. The van der Waals surface area contributed by atoms with Gasteiger partial charge in [0.15, 0.2) is 0 Å². The fraction of sp³-hybridized carbons (Fsp3) is 0.571. The van der Waals surface area contributed by atoms with Gasteiger partial charge in [-0.3, -0.25) is 0 Å². The summed E-state index contributed by atoms with van der Waals surface area (Å²) in [5.41, 5.74) is 1.76. The summed E-state index contributed by atoms with van der Waals surface area (Å²) in [4.78, 5) is 0. The van der Waals surface area contributed by atoms with Crippen LogP contribution in [0.3, 0.4) is 0 Å². The van der Waals surface area contributed by atoms with Crippen LogP contribution in [-0.4, -0.2) is 0 Å². The monoisotopic (exact) mass is 194 g/mol. The molecule has 0 atom stereocenters. The summed E-state index contributed by atoms with van der Waals surface area (Å²) < 4.78 is 0. The highest BCUT2D eigenvalue weighted by molar-refractivity contribution is 5.19. The molecule has 82 valence electrons. The normalized spacial score (nSPS) is 12.3. The Labute approximate surface area is 90.4 Å². The van der Waals surface area contributed by atoms with Crippen molar-refractivity contribution in [1.29, 1.82) is 0 Å². The van der Waals surface area contributed by atoms with E-state index in [1.54, 1.807) is 6.08 Å². The van der Waals surface area contributed by atoms with E-state index in [-0.39, 0.29) is 0 Å². The zero-order valence-corrected chi connectivity index (χ0v) is 10.7. The molecule has 0 heterocycles. The average molecular weight is 194 g/mol. The lowest BCUT2D eigenvalue weighted by molar-refractivity contribution is 0.488. The number of allylic oxidation sites excluding steroid dienone is 5. The van der Waals surface area contributed by atoms with Gasteiger partial charge < -0.3 is 0 Å². The molecule has 0 aromatic rings. The van der Waals surface area contributed by atoms with Crippen LogP contribution in [0.2, 0.25) is 0 Å². The van der Waals surface area contributed by atoms with Gasteiger partial charge >= 0.3 is 0 Å². The third-order valence-electron chi connectivity index (χ3n) is 1.89. The Balaban J connectivity index is 0. The molecule has 0 amide bonds. The van der Waals surface area contributed by atoms with Crippen LogP contribution in [0.1, 0.15) is 48.0 Å². The van der Waals surface area contributed by atoms with Crippen LogP contribution < -0.4 is 0 Å². The summed E-state index contributed by atoms with van der Waals surface area (Å²) >= 11 is 0. The zero-order chi connectivity index (χ0) is 11.6. The fourth-order valence-electron chi connectivity index (χ4n) is 1.15. The lowest BCUT2D eigenvalue weighted by Crippen LogP contribution is -2.08. The van der Waals surface area contributed by atoms with Crippen LogP contribution in [0.25, 0.3) is 0 Å². The summed E-state index contributed by atoms with van der Waals surface area (Å²) in [6.07, 6.45) is 9.11. The van der Waals surface area contributed by atoms with Crippen molar-refractivity contribution in [2.24, 2.45) is 5.41 Å². The van der Waals surface area contributed by atoms with Crippen molar-refractivity contribution in [3.05, 3.63) is 36.5 Å². The van der Waals surface area contributed by atoms with Crippen molar-refractivity contribution in [2.75, 3.05) is 0 Å². The molecule has 0 radical (unpaired) electrons. The van der Waals surface area contributed by atoms with Gasteiger partial charge in [0, 0.05) is 0 Å². The SMILES string of the molecule is C=C/C=C\C=C(/CC)C(C)(C)C.CC.